The third-order valence-corrected chi connectivity index (χ3v) is 4.31. The van der Waals surface area contributed by atoms with Crippen molar-refractivity contribution in [3.05, 3.63) is 24.3 Å². The molecular weight excluding hydrogens is 375 g/mol. The molecule has 2 rings (SSSR count). The van der Waals surface area contributed by atoms with E-state index in [0.29, 0.717) is 13.0 Å². The van der Waals surface area contributed by atoms with Gasteiger partial charge in [-0.15, -0.1) is 24.8 Å². The minimum absolute atomic E-state index is 0. The van der Waals surface area contributed by atoms with Gasteiger partial charge in [0.05, 0.1) is 0 Å². The first-order chi connectivity index (χ1) is 11.4. The molecular formula is C18H30Cl2N4O2. The second-order valence-electron chi connectivity index (χ2n) is 6.79. The Kier molecular flexibility index (Phi) is 11.5. The first-order valence-electron chi connectivity index (χ1n) is 8.55. The number of nitrogens with two attached hydrogens (primary N) is 1. The van der Waals surface area contributed by atoms with Crippen LogP contribution >= 0.6 is 24.8 Å². The number of halogens is 2. The molecule has 148 valence electrons. The molecule has 0 saturated heterocycles. The van der Waals surface area contributed by atoms with Crippen LogP contribution in [-0.2, 0) is 9.59 Å². The van der Waals surface area contributed by atoms with Crippen molar-refractivity contribution in [1.29, 1.82) is 0 Å². The van der Waals surface area contributed by atoms with E-state index in [1.54, 1.807) is 12.1 Å². The number of rotatable bonds is 6. The minimum atomic E-state index is -0.0170. The summed E-state index contributed by atoms with van der Waals surface area (Å²) in [6, 6.07) is 7.35. The van der Waals surface area contributed by atoms with Crippen LogP contribution in [0.25, 0.3) is 0 Å². The molecule has 0 bridgehead atoms. The first-order valence-corrected chi connectivity index (χ1v) is 8.55. The zero-order valence-electron chi connectivity index (χ0n) is 15.4. The summed E-state index contributed by atoms with van der Waals surface area (Å²) in [6.45, 7) is 0.712. The average molecular weight is 405 g/mol. The monoisotopic (exact) mass is 404 g/mol. The van der Waals surface area contributed by atoms with Crippen molar-refractivity contribution in [3.63, 3.8) is 0 Å². The number of benzene rings is 1. The van der Waals surface area contributed by atoms with Gasteiger partial charge < -0.3 is 21.3 Å². The fourth-order valence-corrected chi connectivity index (χ4v) is 2.90. The third-order valence-electron chi connectivity index (χ3n) is 4.31. The molecule has 1 fully saturated rings. The van der Waals surface area contributed by atoms with Gasteiger partial charge in [0.25, 0.3) is 0 Å². The van der Waals surface area contributed by atoms with Crippen molar-refractivity contribution in [2.24, 2.45) is 11.7 Å². The Hall–Kier alpha value is -1.34. The maximum Gasteiger partial charge on any atom is 0.227 e. The standard InChI is InChI=1S/C18H28N4O2.2ClH/c1-22(2)11-10-17(23)20-15-6-8-16(9-7-15)21-18(24)13-4-3-5-14(19)12-13;;/h6-9,13-14H,3-5,10-12,19H2,1-2H3,(H,20,23)(H,21,24);2*1H. The van der Waals surface area contributed by atoms with Crippen LogP contribution in [-0.4, -0.2) is 43.4 Å². The smallest absolute Gasteiger partial charge is 0.227 e. The molecule has 1 aromatic rings. The van der Waals surface area contributed by atoms with E-state index in [9.17, 15) is 9.59 Å². The van der Waals surface area contributed by atoms with Gasteiger partial charge in [0.2, 0.25) is 11.8 Å². The zero-order chi connectivity index (χ0) is 17.5. The topological polar surface area (TPSA) is 87.5 Å². The summed E-state index contributed by atoms with van der Waals surface area (Å²) in [5.41, 5.74) is 7.42. The average Bonchev–Trinajstić information content (AvgIpc) is 2.55. The van der Waals surface area contributed by atoms with Gasteiger partial charge in [0, 0.05) is 36.3 Å². The summed E-state index contributed by atoms with van der Waals surface area (Å²) in [4.78, 5) is 26.0. The number of amides is 2. The molecule has 2 atom stereocenters. The first kappa shape index (κ1) is 24.7. The van der Waals surface area contributed by atoms with Crippen LogP contribution in [0.4, 0.5) is 11.4 Å². The fraction of sp³-hybridized carbons (Fsp3) is 0.556. The van der Waals surface area contributed by atoms with Gasteiger partial charge in [-0.05, 0) is 57.6 Å². The van der Waals surface area contributed by atoms with E-state index in [0.717, 1.165) is 37.1 Å². The number of carbonyl (C=O) groups is 2. The van der Waals surface area contributed by atoms with Gasteiger partial charge in [-0.2, -0.15) is 0 Å². The molecule has 26 heavy (non-hydrogen) atoms. The van der Waals surface area contributed by atoms with Crippen molar-refractivity contribution >= 4 is 48.0 Å². The van der Waals surface area contributed by atoms with E-state index in [1.165, 1.54) is 0 Å². The van der Waals surface area contributed by atoms with Gasteiger partial charge in [-0.1, -0.05) is 6.42 Å². The third kappa shape index (κ3) is 8.36. The van der Waals surface area contributed by atoms with Gasteiger partial charge in [0.15, 0.2) is 0 Å². The van der Waals surface area contributed by atoms with Crippen LogP contribution in [0.15, 0.2) is 24.3 Å². The van der Waals surface area contributed by atoms with Crippen LogP contribution in [0.2, 0.25) is 0 Å². The lowest BCUT2D eigenvalue weighted by molar-refractivity contribution is -0.121. The van der Waals surface area contributed by atoms with Crippen molar-refractivity contribution < 1.29 is 9.59 Å². The maximum atomic E-state index is 12.3. The SMILES string of the molecule is CN(C)CCC(=O)Nc1ccc(NC(=O)C2CCCC(N)C2)cc1.Cl.Cl. The highest BCUT2D eigenvalue weighted by atomic mass is 35.5. The van der Waals surface area contributed by atoms with E-state index in [1.807, 2.05) is 31.1 Å². The molecule has 0 heterocycles. The summed E-state index contributed by atoms with van der Waals surface area (Å²) < 4.78 is 0. The van der Waals surface area contributed by atoms with Gasteiger partial charge >= 0.3 is 0 Å². The summed E-state index contributed by atoms with van der Waals surface area (Å²) in [5, 5.41) is 5.79. The second kappa shape index (κ2) is 12.1. The number of carbonyl (C=O) groups excluding carboxylic acids is 2. The van der Waals surface area contributed by atoms with Crippen LogP contribution in [0.1, 0.15) is 32.1 Å². The lowest BCUT2D eigenvalue weighted by Crippen LogP contribution is -2.34. The van der Waals surface area contributed by atoms with Crippen molar-refractivity contribution in [3.8, 4) is 0 Å². The lowest BCUT2D eigenvalue weighted by Gasteiger charge is -2.25. The van der Waals surface area contributed by atoms with Crippen LogP contribution in [0.5, 0.6) is 0 Å². The molecule has 1 aliphatic rings. The molecule has 1 aliphatic carbocycles. The molecule has 0 aliphatic heterocycles. The van der Waals surface area contributed by atoms with Gasteiger partial charge in [0.1, 0.15) is 0 Å². The van der Waals surface area contributed by atoms with Crippen molar-refractivity contribution in [2.45, 2.75) is 38.1 Å². The predicted octanol–water partition coefficient (Wildman–Crippen LogP) is 2.88. The molecule has 4 N–H and O–H groups in total. The normalized spacial score (nSPS) is 19.1. The summed E-state index contributed by atoms with van der Waals surface area (Å²) in [6.07, 6.45) is 4.13. The molecule has 0 radical (unpaired) electrons. The molecule has 1 aromatic carbocycles. The summed E-state index contributed by atoms with van der Waals surface area (Å²) >= 11 is 0. The van der Waals surface area contributed by atoms with E-state index in [2.05, 4.69) is 10.6 Å². The Balaban J connectivity index is 0.00000312. The van der Waals surface area contributed by atoms with Gasteiger partial charge in [-0.3, -0.25) is 9.59 Å². The lowest BCUT2D eigenvalue weighted by atomic mass is 9.85. The molecule has 1 saturated carbocycles. The summed E-state index contributed by atoms with van der Waals surface area (Å²) in [7, 11) is 3.87. The summed E-state index contributed by atoms with van der Waals surface area (Å²) in [5.74, 6) is 0.0174. The second-order valence-corrected chi connectivity index (χ2v) is 6.79. The number of hydrogen-bond donors (Lipinski definition) is 3. The Labute approximate surface area is 168 Å². The highest BCUT2D eigenvalue weighted by molar-refractivity contribution is 5.94. The molecule has 8 heteroatoms. The van der Waals surface area contributed by atoms with Crippen molar-refractivity contribution in [2.75, 3.05) is 31.3 Å². The minimum Gasteiger partial charge on any atom is -0.328 e. The fourth-order valence-electron chi connectivity index (χ4n) is 2.90. The number of nitrogens with one attached hydrogen (secondary N) is 2. The highest BCUT2D eigenvalue weighted by Crippen LogP contribution is 2.24. The Bertz CT molecular complexity index is 567. The maximum absolute atomic E-state index is 12.3. The van der Waals surface area contributed by atoms with Crippen LogP contribution in [0, 0.1) is 5.92 Å². The molecule has 2 amide bonds. The predicted molar refractivity (Wildman–Crippen MR) is 111 cm³/mol. The number of hydrogen-bond acceptors (Lipinski definition) is 4. The molecule has 6 nitrogen and oxygen atoms in total. The largest absolute Gasteiger partial charge is 0.328 e. The van der Waals surface area contributed by atoms with Crippen LogP contribution < -0.4 is 16.4 Å². The quantitative estimate of drug-likeness (QED) is 0.679. The zero-order valence-corrected chi connectivity index (χ0v) is 17.0. The Morgan fingerprint density at radius 1 is 1.08 bits per heavy atom. The van der Waals surface area contributed by atoms with Crippen LogP contribution in [0.3, 0.4) is 0 Å². The van der Waals surface area contributed by atoms with Crippen molar-refractivity contribution in [1.82, 2.24) is 4.90 Å². The number of anilines is 2. The molecule has 2 unspecified atom stereocenters. The van der Waals surface area contributed by atoms with E-state index < -0.39 is 0 Å². The number of nitrogens with zero attached hydrogens (tertiary/aromatic N) is 1. The van der Waals surface area contributed by atoms with E-state index in [4.69, 9.17) is 5.73 Å². The highest BCUT2D eigenvalue weighted by Gasteiger charge is 2.25. The molecule has 0 aromatic heterocycles. The van der Waals surface area contributed by atoms with Gasteiger partial charge in [-0.25, -0.2) is 0 Å². The van der Waals surface area contributed by atoms with E-state index >= 15 is 0 Å². The Morgan fingerprint density at radius 2 is 1.65 bits per heavy atom. The molecule has 0 spiro atoms. The van der Waals surface area contributed by atoms with E-state index in [-0.39, 0.29) is 48.6 Å². The Morgan fingerprint density at radius 3 is 2.19 bits per heavy atom.